The van der Waals surface area contributed by atoms with Crippen LogP contribution in [0.3, 0.4) is 0 Å². The SMILES string of the molecule is COc1ccc(C(C)(C)CNC(=O)NCc2ccccc2)cc1. The molecule has 0 unspecified atom stereocenters. The second kappa shape index (κ2) is 7.68. The Balaban J connectivity index is 1.84. The van der Waals surface area contributed by atoms with Gasteiger partial charge in [-0.25, -0.2) is 4.79 Å². The molecule has 4 nitrogen and oxygen atoms in total. The van der Waals surface area contributed by atoms with E-state index in [-0.39, 0.29) is 11.4 Å². The first-order valence-corrected chi connectivity index (χ1v) is 7.71. The Morgan fingerprint density at radius 2 is 1.65 bits per heavy atom. The molecule has 0 atom stereocenters. The summed E-state index contributed by atoms with van der Waals surface area (Å²) in [7, 11) is 1.65. The number of ether oxygens (including phenoxy) is 1. The normalized spacial score (nSPS) is 10.9. The Labute approximate surface area is 137 Å². The second-order valence-electron chi connectivity index (χ2n) is 6.13. The molecule has 0 aromatic heterocycles. The molecule has 0 aliphatic rings. The predicted octanol–water partition coefficient (Wildman–Crippen LogP) is 3.47. The molecule has 0 aliphatic carbocycles. The molecule has 122 valence electrons. The molecular weight excluding hydrogens is 288 g/mol. The van der Waals surface area contributed by atoms with E-state index >= 15 is 0 Å². The number of carbonyl (C=O) groups is 1. The van der Waals surface area contributed by atoms with Gasteiger partial charge in [0.1, 0.15) is 5.75 Å². The first-order valence-electron chi connectivity index (χ1n) is 7.71. The fraction of sp³-hybridized carbons (Fsp3) is 0.316. The lowest BCUT2D eigenvalue weighted by Crippen LogP contribution is -2.42. The molecule has 0 spiro atoms. The van der Waals surface area contributed by atoms with Crippen molar-refractivity contribution in [2.75, 3.05) is 13.7 Å². The fourth-order valence-corrected chi connectivity index (χ4v) is 2.29. The topological polar surface area (TPSA) is 50.4 Å². The molecule has 4 heteroatoms. The lowest BCUT2D eigenvalue weighted by molar-refractivity contribution is 0.238. The molecule has 0 aliphatic heterocycles. The van der Waals surface area contributed by atoms with Crippen molar-refractivity contribution < 1.29 is 9.53 Å². The Hall–Kier alpha value is -2.49. The van der Waals surface area contributed by atoms with E-state index in [9.17, 15) is 4.79 Å². The maximum atomic E-state index is 12.0. The zero-order valence-corrected chi connectivity index (χ0v) is 13.9. The van der Waals surface area contributed by atoms with Crippen LogP contribution in [-0.2, 0) is 12.0 Å². The van der Waals surface area contributed by atoms with Crippen LogP contribution in [0.1, 0.15) is 25.0 Å². The lowest BCUT2D eigenvalue weighted by atomic mass is 9.84. The molecule has 2 N–H and O–H groups in total. The summed E-state index contributed by atoms with van der Waals surface area (Å²) in [6.07, 6.45) is 0. The van der Waals surface area contributed by atoms with Crippen molar-refractivity contribution in [2.24, 2.45) is 0 Å². The maximum Gasteiger partial charge on any atom is 0.315 e. The molecule has 23 heavy (non-hydrogen) atoms. The Kier molecular flexibility index (Phi) is 5.63. The number of benzene rings is 2. The summed E-state index contributed by atoms with van der Waals surface area (Å²) in [5.41, 5.74) is 2.08. The van der Waals surface area contributed by atoms with Gasteiger partial charge in [-0.3, -0.25) is 0 Å². The second-order valence-corrected chi connectivity index (χ2v) is 6.13. The number of nitrogens with one attached hydrogen (secondary N) is 2. The van der Waals surface area contributed by atoms with Crippen LogP contribution in [0.5, 0.6) is 5.75 Å². The van der Waals surface area contributed by atoms with Gasteiger partial charge in [-0.1, -0.05) is 56.3 Å². The first kappa shape index (κ1) is 16.9. The summed E-state index contributed by atoms with van der Waals surface area (Å²) in [5.74, 6) is 0.832. The molecule has 2 rings (SSSR count). The molecule has 0 saturated carbocycles. The smallest absolute Gasteiger partial charge is 0.315 e. The first-order chi connectivity index (χ1) is 11.0. The number of carbonyl (C=O) groups excluding carboxylic acids is 1. The van der Waals surface area contributed by atoms with E-state index in [4.69, 9.17) is 4.74 Å². The van der Waals surface area contributed by atoms with Crippen molar-refractivity contribution in [3.05, 3.63) is 65.7 Å². The summed E-state index contributed by atoms with van der Waals surface area (Å²) >= 11 is 0. The van der Waals surface area contributed by atoms with Gasteiger partial charge < -0.3 is 15.4 Å². The Morgan fingerprint density at radius 3 is 2.26 bits per heavy atom. The monoisotopic (exact) mass is 312 g/mol. The van der Waals surface area contributed by atoms with Gasteiger partial charge in [0, 0.05) is 18.5 Å². The van der Waals surface area contributed by atoms with E-state index in [2.05, 4.69) is 24.5 Å². The summed E-state index contributed by atoms with van der Waals surface area (Å²) in [6, 6.07) is 17.6. The highest BCUT2D eigenvalue weighted by molar-refractivity contribution is 5.74. The minimum absolute atomic E-state index is 0.156. The van der Waals surface area contributed by atoms with Crippen molar-refractivity contribution in [3.63, 3.8) is 0 Å². The molecule has 0 radical (unpaired) electrons. The van der Waals surface area contributed by atoms with Crippen LogP contribution >= 0.6 is 0 Å². The predicted molar refractivity (Wildman–Crippen MR) is 92.7 cm³/mol. The summed E-state index contributed by atoms with van der Waals surface area (Å²) in [4.78, 5) is 12.0. The summed E-state index contributed by atoms with van der Waals surface area (Å²) in [6.45, 7) is 5.29. The molecule has 2 amide bonds. The largest absolute Gasteiger partial charge is 0.497 e. The molecular formula is C19H24N2O2. The molecule has 0 bridgehead atoms. The van der Waals surface area contributed by atoms with Crippen LogP contribution in [-0.4, -0.2) is 19.7 Å². The zero-order valence-electron chi connectivity index (χ0n) is 13.9. The highest BCUT2D eigenvalue weighted by Gasteiger charge is 2.21. The highest BCUT2D eigenvalue weighted by atomic mass is 16.5. The van der Waals surface area contributed by atoms with Crippen LogP contribution in [0, 0.1) is 0 Å². The van der Waals surface area contributed by atoms with Crippen molar-refractivity contribution in [1.82, 2.24) is 10.6 Å². The van der Waals surface area contributed by atoms with Crippen LogP contribution < -0.4 is 15.4 Å². The third-order valence-electron chi connectivity index (χ3n) is 3.86. The van der Waals surface area contributed by atoms with Crippen LogP contribution in [0.2, 0.25) is 0 Å². The number of amides is 2. The van der Waals surface area contributed by atoms with Gasteiger partial charge in [-0.05, 0) is 23.3 Å². The molecule has 0 heterocycles. The Bertz CT molecular complexity index is 622. The number of urea groups is 1. The summed E-state index contributed by atoms with van der Waals surface area (Å²) < 4.78 is 5.17. The number of rotatable bonds is 6. The van der Waals surface area contributed by atoms with Gasteiger partial charge in [0.15, 0.2) is 0 Å². The minimum Gasteiger partial charge on any atom is -0.497 e. The zero-order chi connectivity index (χ0) is 16.7. The molecule has 0 saturated heterocycles. The lowest BCUT2D eigenvalue weighted by Gasteiger charge is -2.26. The Morgan fingerprint density at radius 1 is 1.00 bits per heavy atom. The van der Waals surface area contributed by atoms with Gasteiger partial charge in [0.25, 0.3) is 0 Å². The van der Waals surface area contributed by atoms with Gasteiger partial charge in [0.2, 0.25) is 0 Å². The van der Waals surface area contributed by atoms with E-state index in [1.165, 1.54) is 0 Å². The van der Waals surface area contributed by atoms with Crippen molar-refractivity contribution >= 4 is 6.03 Å². The number of hydrogen-bond donors (Lipinski definition) is 2. The van der Waals surface area contributed by atoms with E-state index in [1.807, 2.05) is 54.6 Å². The molecule has 2 aromatic carbocycles. The van der Waals surface area contributed by atoms with E-state index < -0.39 is 0 Å². The third-order valence-corrected chi connectivity index (χ3v) is 3.86. The van der Waals surface area contributed by atoms with Gasteiger partial charge in [-0.2, -0.15) is 0 Å². The van der Waals surface area contributed by atoms with E-state index in [0.717, 1.165) is 16.9 Å². The van der Waals surface area contributed by atoms with Crippen molar-refractivity contribution in [3.8, 4) is 5.75 Å². The molecule has 0 fully saturated rings. The van der Waals surface area contributed by atoms with Gasteiger partial charge >= 0.3 is 6.03 Å². The van der Waals surface area contributed by atoms with Gasteiger partial charge in [0.05, 0.1) is 7.11 Å². The fourth-order valence-electron chi connectivity index (χ4n) is 2.29. The minimum atomic E-state index is -0.157. The summed E-state index contributed by atoms with van der Waals surface area (Å²) in [5, 5.41) is 5.81. The van der Waals surface area contributed by atoms with Gasteiger partial charge in [-0.15, -0.1) is 0 Å². The van der Waals surface area contributed by atoms with Crippen molar-refractivity contribution in [2.45, 2.75) is 25.8 Å². The molecule has 2 aromatic rings. The third kappa shape index (κ3) is 5.02. The average molecular weight is 312 g/mol. The maximum absolute atomic E-state index is 12.0. The van der Waals surface area contributed by atoms with Crippen LogP contribution in [0.25, 0.3) is 0 Å². The average Bonchev–Trinajstić information content (AvgIpc) is 2.59. The number of methoxy groups -OCH3 is 1. The quantitative estimate of drug-likeness (QED) is 0.858. The van der Waals surface area contributed by atoms with E-state index in [0.29, 0.717) is 13.1 Å². The van der Waals surface area contributed by atoms with E-state index in [1.54, 1.807) is 7.11 Å². The van der Waals surface area contributed by atoms with Crippen LogP contribution in [0.15, 0.2) is 54.6 Å². The number of hydrogen-bond acceptors (Lipinski definition) is 2. The highest BCUT2D eigenvalue weighted by Crippen LogP contribution is 2.24. The van der Waals surface area contributed by atoms with Crippen molar-refractivity contribution in [1.29, 1.82) is 0 Å². The van der Waals surface area contributed by atoms with Crippen LogP contribution in [0.4, 0.5) is 4.79 Å². The standard InChI is InChI=1S/C19H24N2O2/c1-19(2,16-9-11-17(23-3)12-10-16)14-21-18(22)20-13-15-7-5-4-6-8-15/h4-12H,13-14H2,1-3H3,(H2,20,21,22).